The van der Waals surface area contributed by atoms with Crippen LogP contribution in [0.3, 0.4) is 0 Å². The largest absolute Gasteiger partial charge is 0.496 e. The molecule has 0 fully saturated rings. The summed E-state index contributed by atoms with van der Waals surface area (Å²) < 4.78 is 24.7. The van der Waals surface area contributed by atoms with Crippen molar-refractivity contribution in [3.05, 3.63) is 58.9 Å². The summed E-state index contributed by atoms with van der Waals surface area (Å²) in [4.78, 5) is 0. The third-order valence-electron chi connectivity index (χ3n) is 4.05. The molecule has 3 rings (SSSR count). The van der Waals surface area contributed by atoms with E-state index in [0.717, 1.165) is 23.3 Å². The molecule has 1 heterocycles. The predicted molar refractivity (Wildman–Crippen MR) is 88.3 cm³/mol. The Kier molecular flexibility index (Phi) is 4.26. The van der Waals surface area contributed by atoms with Gasteiger partial charge in [-0.2, -0.15) is 0 Å². The van der Waals surface area contributed by atoms with E-state index in [2.05, 4.69) is 37.4 Å². The van der Waals surface area contributed by atoms with Gasteiger partial charge in [0.1, 0.15) is 22.9 Å². The van der Waals surface area contributed by atoms with Gasteiger partial charge in [0, 0.05) is 30.6 Å². The molecule has 3 nitrogen and oxygen atoms in total. The normalized spacial score (nSPS) is 15.1. The zero-order valence-corrected chi connectivity index (χ0v) is 13.8. The van der Waals surface area contributed by atoms with Crippen LogP contribution in [0.1, 0.15) is 30.5 Å². The fraction of sp³-hybridized carbons (Fsp3) is 0.368. The Morgan fingerprint density at radius 1 is 1.17 bits per heavy atom. The average molecular weight is 315 g/mol. The number of para-hydroxylation sites is 1. The zero-order valence-electron chi connectivity index (χ0n) is 13.8. The summed E-state index contributed by atoms with van der Waals surface area (Å²) in [7, 11) is 1.59. The lowest BCUT2D eigenvalue weighted by Gasteiger charge is -2.18. The van der Waals surface area contributed by atoms with Crippen LogP contribution in [-0.2, 0) is 19.5 Å². The third kappa shape index (κ3) is 3.48. The van der Waals surface area contributed by atoms with Crippen molar-refractivity contribution in [1.29, 1.82) is 0 Å². The van der Waals surface area contributed by atoms with Gasteiger partial charge in [-0.1, -0.05) is 18.2 Å². The molecular formula is C19H22FNO2. The summed E-state index contributed by atoms with van der Waals surface area (Å²) in [5.74, 6) is 1.42. The van der Waals surface area contributed by atoms with E-state index in [1.54, 1.807) is 13.2 Å². The maximum absolute atomic E-state index is 13.4. The van der Waals surface area contributed by atoms with Crippen molar-refractivity contribution in [3.63, 3.8) is 0 Å². The lowest BCUT2D eigenvalue weighted by Crippen LogP contribution is -2.25. The highest BCUT2D eigenvalue weighted by Gasteiger charge is 2.31. The van der Waals surface area contributed by atoms with Crippen molar-refractivity contribution in [2.75, 3.05) is 7.11 Å². The van der Waals surface area contributed by atoms with Crippen molar-refractivity contribution in [2.24, 2.45) is 0 Å². The maximum atomic E-state index is 13.4. The van der Waals surface area contributed by atoms with Crippen molar-refractivity contribution in [3.8, 4) is 11.5 Å². The topological polar surface area (TPSA) is 30.5 Å². The molecular weight excluding hydrogens is 293 g/mol. The lowest BCUT2D eigenvalue weighted by atomic mass is 10.0. The van der Waals surface area contributed by atoms with Gasteiger partial charge < -0.3 is 14.8 Å². The second kappa shape index (κ2) is 6.20. The van der Waals surface area contributed by atoms with Crippen LogP contribution in [-0.4, -0.2) is 12.7 Å². The second-order valence-corrected chi connectivity index (χ2v) is 6.50. The molecule has 0 unspecified atom stereocenters. The molecule has 0 amide bonds. The summed E-state index contributed by atoms with van der Waals surface area (Å²) in [6.45, 7) is 5.40. The van der Waals surface area contributed by atoms with E-state index in [1.165, 1.54) is 17.7 Å². The molecule has 2 aromatic carbocycles. The molecule has 2 aromatic rings. The van der Waals surface area contributed by atoms with Gasteiger partial charge in [0.15, 0.2) is 0 Å². The number of methoxy groups -OCH3 is 1. The molecule has 0 saturated heterocycles. The van der Waals surface area contributed by atoms with E-state index in [-0.39, 0.29) is 11.4 Å². The van der Waals surface area contributed by atoms with Crippen LogP contribution in [0.4, 0.5) is 4.39 Å². The third-order valence-corrected chi connectivity index (χ3v) is 4.05. The molecule has 0 aromatic heterocycles. The molecule has 0 spiro atoms. The van der Waals surface area contributed by atoms with Crippen LogP contribution >= 0.6 is 0 Å². The Morgan fingerprint density at radius 3 is 2.74 bits per heavy atom. The van der Waals surface area contributed by atoms with E-state index in [9.17, 15) is 4.39 Å². The first-order valence-corrected chi connectivity index (χ1v) is 7.81. The van der Waals surface area contributed by atoms with Crippen LogP contribution in [0.2, 0.25) is 0 Å². The molecule has 0 saturated carbocycles. The average Bonchev–Trinajstić information content (AvgIpc) is 2.82. The number of hydrogen-bond donors (Lipinski definition) is 1. The number of hydrogen-bond acceptors (Lipinski definition) is 3. The quantitative estimate of drug-likeness (QED) is 0.909. The highest BCUT2D eigenvalue weighted by atomic mass is 19.1. The van der Waals surface area contributed by atoms with Crippen molar-refractivity contribution < 1.29 is 13.9 Å². The van der Waals surface area contributed by atoms with Gasteiger partial charge in [-0.25, -0.2) is 4.39 Å². The molecule has 122 valence electrons. The zero-order chi connectivity index (χ0) is 16.4. The Bertz CT molecular complexity index is 713. The fourth-order valence-corrected chi connectivity index (χ4v) is 3.04. The first kappa shape index (κ1) is 15.8. The number of nitrogens with one attached hydrogen (secondary N) is 1. The highest BCUT2D eigenvalue weighted by molar-refractivity contribution is 5.45. The molecule has 1 aliphatic heterocycles. The van der Waals surface area contributed by atoms with E-state index in [1.807, 2.05) is 0 Å². The Labute approximate surface area is 136 Å². The van der Waals surface area contributed by atoms with Crippen LogP contribution in [0, 0.1) is 5.82 Å². The minimum atomic E-state index is -0.256. The second-order valence-electron chi connectivity index (χ2n) is 6.50. The first-order valence-electron chi connectivity index (χ1n) is 7.81. The maximum Gasteiger partial charge on any atom is 0.127 e. The molecule has 0 aliphatic carbocycles. The van der Waals surface area contributed by atoms with Gasteiger partial charge in [-0.15, -0.1) is 0 Å². The van der Waals surface area contributed by atoms with Crippen LogP contribution in [0.25, 0.3) is 0 Å². The summed E-state index contributed by atoms with van der Waals surface area (Å²) in [5, 5.41) is 3.35. The summed E-state index contributed by atoms with van der Waals surface area (Å²) in [6.07, 6.45) is 0.924. The van der Waals surface area contributed by atoms with E-state index < -0.39 is 0 Å². The molecule has 0 bridgehead atoms. The Hall–Kier alpha value is -2.07. The lowest BCUT2D eigenvalue weighted by molar-refractivity contribution is 0.137. The number of benzene rings is 2. The highest BCUT2D eigenvalue weighted by Crippen LogP contribution is 2.37. The molecule has 0 atom stereocenters. The van der Waals surface area contributed by atoms with E-state index in [4.69, 9.17) is 9.47 Å². The summed E-state index contributed by atoms with van der Waals surface area (Å²) in [6, 6.07) is 10.8. The summed E-state index contributed by atoms with van der Waals surface area (Å²) >= 11 is 0. The molecule has 0 radical (unpaired) electrons. The molecule has 4 heteroatoms. The van der Waals surface area contributed by atoms with Gasteiger partial charge >= 0.3 is 0 Å². The minimum absolute atomic E-state index is 0.149. The standard InChI is InChI=1S/C19H22FNO2/c1-19(2)10-13-5-4-6-14(18(13)23-19)11-21-12-15-9-16(20)7-8-17(15)22-3/h4-9,21H,10-12H2,1-3H3. The smallest absolute Gasteiger partial charge is 0.127 e. The minimum Gasteiger partial charge on any atom is -0.496 e. The van der Waals surface area contributed by atoms with Crippen LogP contribution in [0.15, 0.2) is 36.4 Å². The van der Waals surface area contributed by atoms with E-state index in [0.29, 0.717) is 18.8 Å². The molecule has 1 aliphatic rings. The van der Waals surface area contributed by atoms with Gasteiger partial charge in [0.25, 0.3) is 0 Å². The van der Waals surface area contributed by atoms with E-state index >= 15 is 0 Å². The van der Waals surface area contributed by atoms with Crippen molar-refractivity contribution >= 4 is 0 Å². The monoisotopic (exact) mass is 315 g/mol. The van der Waals surface area contributed by atoms with Gasteiger partial charge in [-0.05, 0) is 37.6 Å². The number of ether oxygens (including phenoxy) is 2. The number of halogens is 1. The number of fused-ring (bicyclic) bond motifs is 1. The predicted octanol–water partition coefficient (Wildman–Crippen LogP) is 3.84. The van der Waals surface area contributed by atoms with Crippen molar-refractivity contribution in [2.45, 2.75) is 39.0 Å². The fourth-order valence-electron chi connectivity index (χ4n) is 3.04. The molecule has 23 heavy (non-hydrogen) atoms. The Balaban J connectivity index is 1.69. The number of rotatable bonds is 5. The molecule has 1 N–H and O–H groups in total. The van der Waals surface area contributed by atoms with Gasteiger partial charge in [0.05, 0.1) is 7.11 Å². The Morgan fingerprint density at radius 2 is 1.96 bits per heavy atom. The van der Waals surface area contributed by atoms with Crippen molar-refractivity contribution in [1.82, 2.24) is 5.32 Å². The van der Waals surface area contributed by atoms with Gasteiger partial charge in [-0.3, -0.25) is 0 Å². The first-order chi connectivity index (χ1) is 11.0. The van der Waals surface area contributed by atoms with Crippen LogP contribution in [0.5, 0.6) is 11.5 Å². The summed E-state index contributed by atoms with van der Waals surface area (Å²) in [5.41, 5.74) is 3.03. The SMILES string of the molecule is COc1ccc(F)cc1CNCc1cccc2c1OC(C)(C)C2. The van der Waals surface area contributed by atoms with Crippen LogP contribution < -0.4 is 14.8 Å². The van der Waals surface area contributed by atoms with Gasteiger partial charge in [0.2, 0.25) is 0 Å².